The summed E-state index contributed by atoms with van der Waals surface area (Å²) in [6, 6.07) is 14.4. The number of hydrogen-bond acceptors (Lipinski definition) is 4. The number of anilines is 2. The molecule has 0 saturated carbocycles. The van der Waals surface area contributed by atoms with Gasteiger partial charge in [-0.3, -0.25) is 9.10 Å². The molecule has 0 radical (unpaired) electrons. The summed E-state index contributed by atoms with van der Waals surface area (Å²) in [6.07, 6.45) is 0.834. The van der Waals surface area contributed by atoms with Crippen LogP contribution in [-0.2, 0) is 21.2 Å². The number of rotatable bonds is 5. The Morgan fingerprint density at radius 1 is 1.20 bits per heavy atom. The molecule has 1 aliphatic heterocycles. The second-order valence-electron chi connectivity index (χ2n) is 5.84. The average Bonchev–Trinajstić information content (AvgIpc) is 2.95. The van der Waals surface area contributed by atoms with Crippen molar-refractivity contribution < 1.29 is 17.9 Å². The van der Waals surface area contributed by atoms with Crippen LogP contribution < -0.4 is 14.4 Å². The van der Waals surface area contributed by atoms with Crippen LogP contribution in [0.15, 0.2) is 48.5 Å². The van der Waals surface area contributed by atoms with E-state index in [1.165, 1.54) is 11.4 Å². The molecule has 6 nitrogen and oxygen atoms in total. The Morgan fingerprint density at radius 2 is 1.96 bits per heavy atom. The summed E-state index contributed by atoms with van der Waals surface area (Å²) in [5.41, 5.74) is 1.90. The molecule has 1 saturated heterocycles. The van der Waals surface area contributed by atoms with E-state index < -0.39 is 10.0 Å². The van der Waals surface area contributed by atoms with Crippen LogP contribution in [0.3, 0.4) is 0 Å². The molecule has 0 atom stereocenters. The average molecular weight is 360 g/mol. The van der Waals surface area contributed by atoms with Crippen molar-refractivity contribution in [3.63, 3.8) is 0 Å². The van der Waals surface area contributed by atoms with Crippen molar-refractivity contribution in [3.8, 4) is 5.75 Å². The van der Waals surface area contributed by atoms with Crippen LogP contribution in [0.5, 0.6) is 5.75 Å². The Labute approximate surface area is 147 Å². The molecule has 1 fully saturated rings. The number of ether oxygens (including phenoxy) is 1. The second-order valence-corrected chi connectivity index (χ2v) is 7.85. The lowest BCUT2D eigenvalue weighted by Crippen LogP contribution is -2.25. The van der Waals surface area contributed by atoms with E-state index >= 15 is 0 Å². The SMILES string of the molecule is COc1ccc(N2CCCS2(=O)=O)cc1NC(=O)Cc1ccccc1. The summed E-state index contributed by atoms with van der Waals surface area (Å²) in [5.74, 6) is 0.446. The first-order chi connectivity index (χ1) is 12.0. The molecule has 1 heterocycles. The predicted molar refractivity (Wildman–Crippen MR) is 97.5 cm³/mol. The Balaban J connectivity index is 1.82. The highest BCUT2D eigenvalue weighted by Crippen LogP contribution is 2.32. The quantitative estimate of drug-likeness (QED) is 0.888. The van der Waals surface area contributed by atoms with Gasteiger partial charge in [-0.1, -0.05) is 30.3 Å². The maximum absolute atomic E-state index is 12.3. The van der Waals surface area contributed by atoms with E-state index in [1.54, 1.807) is 18.2 Å². The first-order valence-electron chi connectivity index (χ1n) is 8.02. The summed E-state index contributed by atoms with van der Waals surface area (Å²) in [4.78, 5) is 12.3. The van der Waals surface area contributed by atoms with E-state index in [0.29, 0.717) is 30.1 Å². The first-order valence-corrected chi connectivity index (χ1v) is 9.63. The highest BCUT2D eigenvalue weighted by Gasteiger charge is 2.29. The van der Waals surface area contributed by atoms with Crippen molar-refractivity contribution >= 4 is 27.3 Å². The minimum atomic E-state index is -3.27. The second kappa shape index (κ2) is 7.14. The molecule has 2 aromatic rings. The van der Waals surface area contributed by atoms with Gasteiger partial charge >= 0.3 is 0 Å². The zero-order valence-electron chi connectivity index (χ0n) is 13.9. The number of sulfonamides is 1. The van der Waals surface area contributed by atoms with Crippen LogP contribution in [0, 0.1) is 0 Å². The highest BCUT2D eigenvalue weighted by atomic mass is 32.2. The lowest BCUT2D eigenvalue weighted by molar-refractivity contribution is -0.115. The van der Waals surface area contributed by atoms with E-state index in [0.717, 1.165) is 5.56 Å². The fraction of sp³-hybridized carbons (Fsp3) is 0.278. The topological polar surface area (TPSA) is 75.7 Å². The normalized spacial score (nSPS) is 15.8. The van der Waals surface area contributed by atoms with Gasteiger partial charge in [-0.05, 0) is 30.2 Å². The summed E-state index contributed by atoms with van der Waals surface area (Å²) >= 11 is 0. The molecule has 0 unspecified atom stereocenters. The molecule has 0 spiro atoms. The van der Waals surface area contributed by atoms with Crippen molar-refractivity contribution in [2.45, 2.75) is 12.8 Å². The molecule has 1 amide bonds. The molecular formula is C18H20N2O4S. The third kappa shape index (κ3) is 3.93. The summed E-state index contributed by atoms with van der Waals surface area (Å²) in [5, 5.41) is 2.82. The van der Waals surface area contributed by atoms with Crippen molar-refractivity contribution in [2.75, 3.05) is 29.0 Å². The van der Waals surface area contributed by atoms with E-state index in [4.69, 9.17) is 4.74 Å². The smallest absolute Gasteiger partial charge is 0.235 e. The molecule has 7 heteroatoms. The summed E-state index contributed by atoms with van der Waals surface area (Å²) < 4.78 is 30.9. The van der Waals surface area contributed by atoms with E-state index in [-0.39, 0.29) is 18.1 Å². The lowest BCUT2D eigenvalue weighted by Gasteiger charge is -2.19. The predicted octanol–water partition coefficient (Wildman–Crippen LogP) is 2.42. The number of nitrogens with zero attached hydrogens (tertiary/aromatic N) is 1. The molecule has 25 heavy (non-hydrogen) atoms. The molecule has 3 rings (SSSR count). The number of benzene rings is 2. The molecular weight excluding hydrogens is 340 g/mol. The largest absolute Gasteiger partial charge is 0.495 e. The van der Waals surface area contributed by atoms with Gasteiger partial charge in [-0.2, -0.15) is 0 Å². The standard InChI is InChI=1S/C18H20N2O4S/c1-24-17-9-8-15(20-10-5-11-25(20,22)23)13-16(17)19-18(21)12-14-6-3-2-4-7-14/h2-4,6-9,13H,5,10-12H2,1H3,(H,19,21). The van der Waals surface area contributed by atoms with E-state index in [2.05, 4.69) is 5.32 Å². The van der Waals surface area contributed by atoms with Gasteiger partial charge in [0.25, 0.3) is 0 Å². The number of hydrogen-bond donors (Lipinski definition) is 1. The summed E-state index contributed by atoms with van der Waals surface area (Å²) in [7, 11) is -1.77. The molecule has 2 aromatic carbocycles. The van der Waals surface area contributed by atoms with Crippen LogP contribution >= 0.6 is 0 Å². The number of carbonyl (C=O) groups is 1. The molecule has 0 bridgehead atoms. The first kappa shape index (κ1) is 17.3. The van der Waals surface area contributed by atoms with Crippen LogP contribution in [0.1, 0.15) is 12.0 Å². The van der Waals surface area contributed by atoms with Gasteiger partial charge in [0.1, 0.15) is 5.75 Å². The molecule has 0 aliphatic carbocycles. The Morgan fingerprint density at radius 3 is 2.60 bits per heavy atom. The van der Waals surface area contributed by atoms with Gasteiger partial charge in [0, 0.05) is 6.54 Å². The number of carbonyl (C=O) groups excluding carboxylic acids is 1. The Kier molecular flexibility index (Phi) is 4.94. The fourth-order valence-electron chi connectivity index (χ4n) is 2.85. The number of amides is 1. The maximum Gasteiger partial charge on any atom is 0.235 e. The van der Waals surface area contributed by atoms with E-state index in [1.807, 2.05) is 30.3 Å². The number of methoxy groups -OCH3 is 1. The molecule has 1 aliphatic rings. The van der Waals surface area contributed by atoms with Crippen molar-refractivity contribution in [3.05, 3.63) is 54.1 Å². The van der Waals surface area contributed by atoms with Gasteiger partial charge in [-0.15, -0.1) is 0 Å². The Hall–Kier alpha value is -2.54. The molecule has 0 aromatic heterocycles. The van der Waals surface area contributed by atoms with Crippen molar-refractivity contribution in [1.82, 2.24) is 0 Å². The summed E-state index contributed by atoms with van der Waals surface area (Å²) in [6.45, 7) is 0.450. The van der Waals surface area contributed by atoms with Gasteiger partial charge in [0.05, 0.1) is 30.7 Å². The lowest BCUT2D eigenvalue weighted by atomic mass is 10.1. The third-order valence-corrected chi connectivity index (χ3v) is 5.92. The van der Waals surface area contributed by atoms with Crippen LogP contribution in [0.4, 0.5) is 11.4 Å². The third-order valence-electron chi connectivity index (χ3n) is 4.05. The minimum Gasteiger partial charge on any atom is -0.495 e. The molecule has 132 valence electrons. The van der Waals surface area contributed by atoms with Gasteiger partial charge < -0.3 is 10.1 Å². The number of nitrogens with one attached hydrogen (secondary N) is 1. The maximum atomic E-state index is 12.3. The van der Waals surface area contributed by atoms with Crippen LogP contribution in [0.2, 0.25) is 0 Å². The fourth-order valence-corrected chi connectivity index (χ4v) is 4.41. The van der Waals surface area contributed by atoms with E-state index in [9.17, 15) is 13.2 Å². The van der Waals surface area contributed by atoms with Crippen LogP contribution in [0.25, 0.3) is 0 Å². The van der Waals surface area contributed by atoms with Crippen LogP contribution in [-0.4, -0.2) is 33.7 Å². The van der Waals surface area contributed by atoms with Crippen molar-refractivity contribution in [2.24, 2.45) is 0 Å². The Bertz CT molecular complexity index is 866. The zero-order valence-corrected chi connectivity index (χ0v) is 14.8. The van der Waals surface area contributed by atoms with Gasteiger partial charge in [-0.25, -0.2) is 8.42 Å². The highest BCUT2D eigenvalue weighted by molar-refractivity contribution is 7.93. The van der Waals surface area contributed by atoms with Gasteiger partial charge in [0.15, 0.2) is 0 Å². The minimum absolute atomic E-state index is 0.148. The molecule has 1 N–H and O–H groups in total. The monoisotopic (exact) mass is 360 g/mol. The van der Waals surface area contributed by atoms with Crippen molar-refractivity contribution in [1.29, 1.82) is 0 Å². The van der Waals surface area contributed by atoms with Gasteiger partial charge in [0.2, 0.25) is 15.9 Å². The zero-order chi connectivity index (χ0) is 17.9.